The van der Waals surface area contributed by atoms with Crippen LogP contribution in [-0.4, -0.2) is 17.5 Å². The van der Waals surface area contributed by atoms with E-state index in [0.717, 1.165) is 12.0 Å². The first-order valence-electron chi connectivity index (χ1n) is 8.21. The van der Waals surface area contributed by atoms with Gasteiger partial charge < -0.3 is 16.2 Å². The zero-order valence-corrected chi connectivity index (χ0v) is 16.3. The lowest BCUT2D eigenvalue weighted by atomic mass is 10.1. The molecule has 5 N–H and O–H groups in total. The van der Waals surface area contributed by atoms with E-state index >= 15 is 0 Å². The van der Waals surface area contributed by atoms with Crippen molar-refractivity contribution >= 4 is 11.9 Å². The largest absolute Gasteiger partial charge is 0.444 e. The first kappa shape index (κ1) is 22.5. The van der Waals surface area contributed by atoms with Gasteiger partial charge in [-0.2, -0.15) is 0 Å². The summed E-state index contributed by atoms with van der Waals surface area (Å²) in [6, 6.07) is 0. The van der Waals surface area contributed by atoms with Gasteiger partial charge in [-0.05, 0) is 65.2 Å². The molecule has 0 rings (SSSR count). The van der Waals surface area contributed by atoms with Crippen molar-refractivity contribution in [1.29, 1.82) is 0 Å². The van der Waals surface area contributed by atoms with Crippen LogP contribution in [0.3, 0.4) is 0 Å². The predicted molar refractivity (Wildman–Crippen MR) is 101 cm³/mol. The molecular weight excluding hydrogens is 318 g/mol. The van der Waals surface area contributed by atoms with E-state index in [1.54, 1.807) is 46.8 Å². The van der Waals surface area contributed by atoms with Gasteiger partial charge in [-0.1, -0.05) is 19.1 Å². The van der Waals surface area contributed by atoms with Crippen molar-refractivity contribution in [2.45, 2.75) is 60.5 Å². The number of alkyl carbamates (subject to hydrolysis) is 1. The number of Topliss-reactive ketones (excluding diaryl/α,β-unsaturated/α-hetero) is 1. The SMILES string of the molecule is CC/C=C(C)/C(=C\C=C(/C)C(=O)/C(N)=C(/C)N)NC(=O)OC(C)(C)C. The Balaban J connectivity index is 5.56. The molecule has 0 heterocycles. The van der Waals surface area contributed by atoms with Crippen LogP contribution in [-0.2, 0) is 9.53 Å². The Morgan fingerprint density at radius 3 is 2.04 bits per heavy atom. The summed E-state index contributed by atoms with van der Waals surface area (Å²) in [5, 5.41) is 2.71. The van der Waals surface area contributed by atoms with Crippen molar-refractivity contribution in [3.05, 3.63) is 46.5 Å². The lowest BCUT2D eigenvalue weighted by Gasteiger charge is -2.20. The standard InChI is InChI=1S/C19H31N3O3/c1-8-9-12(2)15(22-18(24)25-19(5,6)7)11-10-13(3)17(23)16(21)14(4)20/h9-11H,8,20-21H2,1-7H3,(H,22,24)/b12-9+,13-10+,15-11+,16-14+. The van der Waals surface area contributed by atoms with Crippen LogP contribution in [0.2, 0.25) is 0 Å². The quantitative estimate of drug-likeness (QED) is 0.503. The highest BCUT2D eigenvalue weighted by Crippen LogP contribution is 2.12. The molecule has 25 heavy (non-hydrogen) atoms. The van der Waals surface area contributed by atoms with Crippen LogP contribution in [0.25, 0.3) is 0 Å². The van der Waals surface area contributed by atoms with Gasteiger partial charge in [-0.15, -0.1) is 0 Å². The first-order chi connectivity index (χ1) is 11.4. The third kappa shape index (κ3) is 8.79. The highest BCUT2D eigenvalue weighted by Gasteiger charge is 2.17. The van der Waals surface area contributed by atoms with Gasteiger partial charge in [-0.25, -0.2) is 4.79 Å². The van der Waals surface area contributed by atoms with Gasteiger partial charge in [0.15, 0.2) is 0 Å². The molecular formula is C19H31N3O3. The fourth-order valence-electron chi connectivity index (χ4n) is 1.78. The van der Waals surface area contributed by atoms with Crippen molar-refractivity contribution in [2.24, 2.45) is 11.5 Å². The highest BCUT2D eigenvalue weighted by molar-refractivity contribution is 6.07. The summed E-state index contributed by atoms with van der Waals surface area (Å²) in [5.41, 5.74) is 12.7. The summed E-state index contributed by atoms with van der Waals surface area (Å²) < 4.78 is 5.27. The Labute approximate surface area is 150 Å². The van der Waals surface area contributed by atoms with Crippen molar-refractivity contribution in [2.75, 3.05) is 0 Å². The molecule has 0 aliphatic heterocycles. The van der Waals surface area contributed by atoms with Crippen molar-refractivity contribution in [3.8, 4) is 0 Å². The molecule has 0 aromatic heterocycles. The molecule has 0 aliphatic carbocycles. The average Bonchev–Trinajstić information content (AvgIpc) is 2.47. The van der Waals surface area contributed by atoms with Crippen LogP contribution in [0.5, 0.6) is 0 Å². The summed E-state index contributed by atoms with van der Waals surface area (Å²) >= 11 is 0. The van der Waals surface area contributed by atoms with Crippen molar-refractivity contribution in [3.63, 3.8) is 0 Å². The maximum atomic E-state index is 12.1. The van der Waals surface area contributed by atoms with Crippen molar-refractivity contribution < 1.29 is 14.3 Å². The van der Waals surface area contributed by atoms with E-state index in [4.69, 9.17) is 16.2 Å². The van der Waals surface area contributed by atoms with Gasteiger partial charge in [-0.3, -0.25) is 10.1 Å². The Bertz CT molecular complexity index is 629. The second kappa shape index (κ2) is 9.71. The molecule has 0 saturated heterocycles. The number of hydrogen-bond acceptors (Lipinski definition) is 5. The lowest BCUT2D eigenvalue weighted by Crippen LogP contribution is -2.32. The zero-order chi connectivity index (χ0) is 19.8. The summed E-state index contributed by atoms with van der Waals surface area (Å²) in [4.78, 5) is 24.1. The van der Waals surface area contributed by atoms with Gasteiger partial charge in [0.25, 0.3) is 0 Å². The number of nitrogens with one attached hydrogen (secondary N) is 1. The molecule has 0 bridgehead atoms. The number of carbonyl (C=O) groups is 2. The van der Waals surface area contributed by atoms with E-state index in [1.165, 1.54) is 0 Å². The number of amides is 1. The third-order valence-electron chi connectivity index (χ3n) is 3.10. The number of allylic oxidation sites excluding steroid dienone is 6. The fraction of sp³-hybridized carbons (Fsp3) is 0.474. The van der Waals surface area contributed by atoms with Crippen LogP contribution < -0.4 is 16.8 Å². The zero-order valence-electron chi connectivity index (χ0n) is 16.3. The van der Waals surface area contributed by atoms with E-state index in [2.05, 4.69) is 5.32 Å². The minimum Gasteiger partial charge on any atom is -0.444 e. The Hall–Kier alpha value is -2.50. The molecule has 140 valence electrons. The molecule has 0 atom stereocenters. The number of ether oxygens (including phenoxy) is 1. The maximum Gasteiger partial charge on any atom is 0.412 e. The van der Waals surface area contributed by atoms with Gasteiger partial charge >= 0.3 is 6.09 Å². The second-order valence-corrected chi connectivity index (χ2v) is 6.78. The van der Waals surface area contributed by atoms with Crippen molar-refractivity contribution in [1.82, 2.24) is 5.32 Å². The highest BCUT2D eigenvalue weighted by atomic mass is 16.6. The Kier molecular flexibility index (Phi) is 8.74. The average molecular weight is 349 g/mol. The van der Waals surface area contributed by atoms with Gasteiger partial charge in [0.05, 0.1) is 5.70 Å². The fourth-order valence-corrected chi connectivity index (χ4v) is 1.78. The molecule has 0 aliphatic rings. The predicted octanol–water partition coefficient (Wildman–Crippen LogP) is 3.42. The van der Waals surface area contributed by atoms with Crippen LogP contribution in [0.15, 0.2) is 46.5 Å². The van der Waals surface area contributed by atoms with Crippen LogP contribution >= 0.6 is 0 Å². The number of rotatable bonds is 6. The smallest absolute Gasteiger partial charge is 0.412 e. The van der Waals surface area contributed by atoms with E-state index in [9.17, 15) is 9.59 Å². The van der Waals surface area contributed by atoms with Crippen LogP contribution in [0.1, 0.15) is 54.9 Å². The first-order valence-corrected chi connectivity index (χ1v) is 8.21. The van der Waals surface area contributed by atoms with Crippen LogP contribution in [0, 0.1) is 0 Å². The van der Waals surface area contributed by atoms with E-state index in [0.29, 0.717) is 11.3 Å². The summed E-state index contributed by atoms with van der Waals surface area (Å²) in [6.07, 6.45) is 5.46. The minimum absolute atomic E-state index is 0.0182. The number of hydrogen-bond donors (Lipinski definition) is 3. The summed E-state index contributed by atoms with van der Waals surface area (Å²) in [6.45, 7) is 12.4. The topological polar surface area (TPSA) is 107 Å². The Morgan fingerprint density at radius 1 is 1.04 bits per heavy atom. The van der Waals surface area contributed by atoms with E-state index < -0.39 is 11.7 Å². The summed E-state index contributed by atoms with van der Waals surface area (Å²) in [5.74, 6) is -0.343. The second-order valence-electron chi connectivity index (χ2n) is 6.78. The maximum absolute atomic E-state index is 12.1. The minimum atomic E-state index is -0.600. The van der Waals surface area contributed by atoms with E-state index in [1.807, 2.05) is 19.9 Å². The molecule has 6 nitrogen and oxygen atoms in total. The Morgan fingerprint density at radius 2 is 1.60 bits per heavy atom. The van der Waals surface area contributed by atoms with Gasteiger partial charge in [0, 0.05) is 11.4 Å². The summed E-state index contributed by atoms with van der Waals surface area (Å²) in [7, 11) is 0. The molecule has 0 radical (unpaired) electrons. The molecule has 0 aromatic carbocycles. The van der Waals surface area contributed by atoms with Gasteiger partial charge in [0.2, 0.25) is 5.78 Å². The van der Waals surface area contributed by atoms with Gasteiger partial charge in [0.1, 0.15) is 5.60 Å². The number of carbonyl (C=O) groups excluding carboxylic acids is 2. The third-order valence-corrected chi connectivity index (χ3v) is 3.10. The number of nitrogens with two attached hydrogens (primary N) is 2. The molecule has 6 heteroatoms. The van der Waals surface area contributed by atoms with Crippen LogP contribution in [0.4, 0.5) is 4.79 Å². The molecule has 0 spiro atoms. The molecule has 0 fully saturated rings. The monoisotopic (exact) mass is 349 g/mol. The number of ketones is 1. The molecule has 0 saturated carbocycles. The molecule has 1 amide bonds. The lowest BCUT2D eigenvalue weighted by molar-refractivity contribution is -0.112. The molecule has 0 unspecified atom stereocenters. The normalized spacial score (nSPS) is 14.8. The molecule has 0 aromatic rings. The van der Waals surface area contributed by atoms with E-state index in [-0.39, 0.29) is 17.2 Å².